The summed E-state index contributed by atoms with van der Waals surface area (Å²) in [6, 6.07) is 14.9. The number of nitrogens with zero attached hydrogens (tertiary/aromatic N) is 1. The van der Waals surface area contributed by atoms with E-state index in [1.807, 2.05) is 24.3 Å². The molecule has 0 saturated carbocycles. The number of fused-ring (bicyclic) bond motifs is 1. The fourth-order valence-electron chi connectivity index (χ4n) is 2.16. The van der Waals surface area contributed by atoms with E-state index in [4.69, 9.17) is 5.26 Å². The van der Waals surface area contributed by atoms with Crippen LogP contribution in [0.4, 0.5) is 0 Å². The Kier molecular flexibility index (Phi) is 3.28. The summed E-state index contributed by atoms with van der Waals surface area (Å²) in [6.07, 6.45) is 1.70. The van der Waals surface area contributed by atoms with Gasteiger partial charge >= 0.3 is 0 Å². The minimum atomic E-state index is -0.0372. The molecule has 0 radical (unpaired) electrons. The van der Waals surface area contributed by atoms with Crippen molar-refractivity contribution in [2.45, 2.75) is 0 Å². The highest BCUT2D eigenvalue weighted by Crippen LogP contribution is 2.23. The maximum Gasteiger partial charge on any atom is 0.195 e. The minimum Gasteiger partial charge on any atom is -0.360 e. The van der Waals surface area contributed by atoms with Gasteiger partial charge < -0.3 is 4.98 Å². The molecular weight excluding hydrogens is 363 g/mol. The quantitative estimate of drug-likeness (QED) is 0.549. The van der Waals surface area contributed by atoms with E-state index in [9.17, 15) is 4.79 Å². The third kappa shape index (κ3) is 2.21. The number of carbonyl (C=O) groups is 1. The highest BCUT2D eigenvalue weighted by atomic mass is 127. The number of hydrogen-bond donors (Lipinski definition) is 1. The van der Waals surface area contributed by atoms with Crippen LogP contribution < -0.4 is 0 Å². The Labute approximate surface area is 129 Å². The summed E-state index contributed by atoms with van der Waals surface area (Å²) in [5.41, 5.74) is 2.66. The molecule has 96 valence electrons. The lowest BCUT2D eigenvalue weighted by Crippen LogP contribution is -2.00. The first-order valence-electron chi connectivity index (χ1n) is 6.00. The Hall–Kier alpha value is -2.13. The molecule has 1 N–H and O–H groups in total. The predicted octanol–water partition coefficient (Wildman–Crippen LogP) is 3.88. The van der Waals surface area contributed by atoms with Gasteiger partial charge in [0.2, 0.25) is 0 Å². The summed E-state index contributed by atoms with van der Waals surface area (Å²) in [4.78, 5) is 15.6. The number of carbonyl (C=O) groups excluding carboxylic acids is 1. The van der Waals surface area contributed by atoms with E-state index in [1.165, 1.54) is 0 Å². The number of hydrogen-bond acceptors (Lipinski definition) is 2. The summed E-state index contributed by atoms with van der Waals surface area (Å²) < 4.78 is 1.02. The van der Waals surface area contributed by atoms with E-state index in [0.717, 1.165) is 14.5 Å². The van der Waals surface area contributed by atoms with Gasteiger partial charge in [-0.25, -0.2) is 0 Å². The minimum absolute atomic E-state index is 0.0372. The van der Waals surface area contributed by atoms with Crippen molar-refractivity contribution in [2.75, 3.05) is 0 Å². The van der Waals surface area contributed by atoms with Crippen LogP contribution in [0.5, 0.6) is 0 Å². The summed E-state index contributed by atoms with van der Waals surface area (Å²) in [5.74, 6) is -0.0372. The van der Waals surface area contributed by atoms with Gasteiger partial charge in [0.25, 0.3) is 0 Å². The van der Waals surface area contributed by atoms with Gasteiger partial charge in [0.1, 0.15) is 0 Å². The molecule has 0 amide bonds. The van der Waals surface area contributed by atoms with Gasteiger partial charge in [-0.3, -0.25) is 4.79 Å². The molecule has 0 bridgehead atoms. The molecule has 0 spiro atoms. The number of benzene rings is 2. The molecule has 0 atom stereocenters. The van der Waals surface area contributed by atoms with E-state index in [1.54, 1.807) is 24.4 Å². The number of ketones is 1. The van der Waals surface area contributed by atoms with E-state index < -0.39 is 0 Å². The van der Waals surface area contributed by atoms with Crippen molar-refractivity contribution in [1.82, 2.24) is 4.98 Å². The summed E-state index contributed by atoms with van der Waals surface area (Å²) >= 11 is 2.18. The van der Waals surface area contributed by atoms with Crippen LogP contribution in [0.25, 0.3) is 10.9 Å². The number of aromatic nitrogens is 1. The van der Waals surface area contributed by atoms with Gasteiger partial charge in [0, 0.05) is 31.8 Å². The molecule has 0 saturated heterocycles. The molecule has 1 aromatic heterocycles. The second-order valence-electron chi connectivity index (χ2n) is 4.41. The van der Waals surface area contributed by atoms with Crippen molar-refractivity contribution in [2.24, 2.45) is 0 Å². The van der Waals surface area contributed by atoms with E-state index >= 15 is 0 Å². The lowest BCUT2D eigenvalue weighted by atomic mass is 10.0. The maximum absolute atomic E-state index is 12.6. The predicted molar refractivity (Wildman–Crippen MR) is 85.6 cm³/mol. The standard InChI is InChI=1S/C16H9IN2O/c17-12-3-1-2-11(7-12)16(20)14-9-19-15-5-4-10(8-18)6-13(14)15/h1-7,9,19H. The molecule has 0 aliphatic rings. The highest BCUT2D eigenvalue weighted by Gasteiger charge is 2.14. The monoisotopic (exact) mass is 372 g/mol. The molecule has 0 aliphatic carbocycles. The number of rotatable bonds is 2. The van der Waals surface area contributed by atoms with Crippen LogP contribution in [-0.4, -0.2) is 10.8 Å². The molecule has 1 heterocycles. The molecule has 2 aromatic carbocycles. The highest BCUT2D eigenvalue weighted by molar-refractivity contribution is 14.1. The first kappa shape index (κ1) is 12.9. The molecule has 0 aliphatic heterocycles. The average Bonchev–Trinajstić information content (AvgIpc) is 2.89. The zero-order valence-electron chi connectivity index (χ0n) is 10.4. The van der Waals surface area contributed by atoms with Crippen molar-refractivity contribution >= 4 is 39.3 Å². The average molecular weight is 372 g/mol. The van der Waals surface area contributed by atoms with Gasteiger partial charge in [-0.1, -0.05) is 12.1 Å². The summed E-state index contributed by atoms with van der Waals surface area (Å²) in [5, 5.41) is 9.76. The van der Waals surface area contributed by atoms with Crippen LogP contribution in [0.1, 0.15) is 21.5 Å². The maximum atomic E-state index is 12.6. The number of H-pyrrole nitrogens is 1. The van der Waals surface area contributed by atoms with Crippen molar-refractivity contribution in [3.8, 4) is 6.07 Å². The second kappa shape index (κ2) is 5.10. The molecule has 20 heavy (non-hydrogen) atoms. The molecule has 3 rings (SSSR count). The normalized spacial score (nSPS) is 10.4. The lowest BCUT2D eigenvalue weighted by molar-refractivity contribution is 0.104. The molecule has 3 aromatic rings. The van der Waals surface area contributed by atoms with Gasteiger partial charge in [-0.05, 0) is 52.9 Å². The van der Waals surface area contributed by atoms with Gasteiger partial charge in [-0.2, -0.15) is 5.26 Å². The first-order valence-corrected chi connectivity index (χ1v) is 7.08. The SMILES string of the molecule is N#Cc1ccc2[nH]cc(C(=O)c3cccc(I)c3)c2c1. The Morgan fingerprint density at radius 3 is 2.80 bits per heavy atom. The largest absolute Gasteiger partial charge is 0.360 e. The number of halogens is 1. The fraction of sp³-hybridized carbons (Fsp3) is 0. The van der Waals surface area contributed by atoms with Crippen LogP contribution in [0.15, 0.2) is 48.7 Å². The number of nitrogens with one attached hydrogen (secondary N) is 1. The van der Waals surface area contributed by atoms with Crippen LogP contribution in [0.2, 0.25) is 0 Å². The van der Waals surface area contributed by atoms with Crippen molar-refractivity contribution in [3.63, 3.8) is 0 Å². The van der Waals surface area contributed by atoms with Crippen molar-refractivity contribution in [3.05, 3.63) is 68.9 Å². The molecule has 4 heteroatoms. The van der Waals surface area contributed by atoms with Crippen LogP contribution in [-0.2, 0) is 0 Å². The zero-order chi connectivity index (χ0) is 14.1. The second-order valence-corrected chi connectivity index (χ2v) is 5.66. The van der Waals surface area contributed by atoms with E-state index in [0.29, 0.717) is 16.7 Å². The van der Waals surface area contributed by atoms with Crippen LogP contribution in [0.3, 0.4) is 0 Å². The van der Waals surface area contributed by atoms with Crippen LogP contribution in [0, 0.1) is 14.9 Å². The third-order valence-corrected chi connectivity index (χ3v) is 3.81. The fourth-order valence-corrected chi connectivity index (χ4v) is 2.71. The first-order chi connectivity index (χ1) is 9.69. The van der Waals surface area contributed by atoms with Gasteiger partial charge in [0.05, 0.1) is 11.6 Å². The Balaban J connectivity index is 2.15. The lowest BCUT2D eigenvalue weighted by Gasteiger charge is -2.01. The van der Waals surface area contributed by atoms with Crippen LogP contribution >= 0.6 is 22.6 Å². The zero-order valence-corrected chi connectivity index (χ0v) is 12.5. The van der Waals surface area contributed by atoms with Crippen molar-refractivity contribution in [1.29, 1.82) is 5.26 Å². The molecule has 3 nitrogen and oxygen atoms in total. The molecular formula is C16H9IN2O. The smallest absolute Gasteiger partial charge is 0.195 e. The van der Waals surface area contributed by atoms with E-state index in [-0.39, 0.29) is 5.78 Å². The van der Waals surface area contributed by atoms with Gasteiger partial charge in [-0.15, -0.1) is 0 Å². The topological polar surface area (TPSA) is 56.6 Å². The summed E-state index contributed by atoms with van der Waals surface area (Å²) in [6.45, 7) is 0. The Bertz CT molecular complexity index is 858. The van der Waals surface area contributed by atoms with E-state index in [2.05, 4.69) is 33.6 Å². The molecule has 0 unspecified atom stereocenters. The van der Waals surface area contributed by atoms with Crippen molar-refractivity contribution < 1.29 is 4.79 Å². The Morgan fingerprint density at radius 1 is 1.20 bits per heavy atom. The number of nitriles is 1. The molecule has 0 fully saturated rings. The third-order valence-electron chi connectivity index (χ3n) is 3.14. The number of aromatic amines is 1. The Morgan fingerprint density at radius 2 is 2.05 bits per heavy atom. The van der Waals surface area contributed by atoms with Gasteiger partial charge in [0.15, 0.2) is 5.78 Å². The summed E-state index contributed by atoms with van der Waals surface area (Å²) in [7, 11) is 0.